The van der Waals surface area contributed by atoms with E-state index >= 15 is 0 Å². The second kappa shape index (κ2) is 11.4. The number of nitrogens with one attached hydrogen (secondary N) is 1. The molecule has 0 aliphatic carbocycles. The average molecular weight is 505 g/mol. The quantitative estimate of drug-likeness (QED) is 0.253. The summed E-state index contributed by atoms with van der Waals surface area (Å²) < 4.78 is 47.3. The lowest BCUT2D eigenvalue weighted by atomic mass is 10.0. The molecule has 35 heavy (non-hydrogen) atoms. The summed E-state index contributed by atoms with van der Waals surface area (Å²) in [6, 6.07) is 12.7. The van der Waals surface area contributed by atoms with Gasteiger partial charge < -0.3 is 10.1 Å². The second-order valence-corrected chi connectivity index (χ2v) is 9.05. The summed E-state index contributed by atoms with van der Waals surface area (Å²) in [5, 5.41) is 11.1. The number of para-hydroxylation sites is 1. The van der Waals surface area contributed by atoms with E-state index in [1.165, 1.54) is 23.8 Å². The van der Waals surface area contributed by atoms with Crippen molar-refractivity contribution in [2.24, 2.45) is 0 Å². The van der Waals surface area contributed by atoms with Crippen LogP contribution in [0.15, 0.2) is 66.3 Å². The van der Waals surface area contributed by atoms with Gasteiger partial charge in [0.05, 0.1) is 17.0 Å². The third-order valence-electron chi connectivity index (χ3n) is 5.12. The van der Waals surface area contributed by atoms with E-state index in [1.807, 2.05) is 31.2 Å². The van der Waals surface area contributed by atoms with Gasteiger partial charge in [0, 0.05) is 6.54 Å². The summed E-state index contributed by atoms with van der Waals surface area (Å²) in [6.45, 7) is 10.2. The predicted molar refractivity (Wildman–Crippen MR) is 131 cm³/mol. The van der Waals surface area contributed by atoms with Gasteiger partial charge in [0.2, 0.25) is 5.91 Å². The SMILES string of the molecule is C=CCn1c(SCC(=O)Nc2ccccc2C(F)(F)F)nnc1C(C)Oc1ccc(C(C)C)cc1. The number of amides is 1. The van der Waals surface area contributed by atoms with Crippen molar-refractivity contribution in [1.82, 2.24) is 14.8 Å². The highest BCUT2D eigenvalue weighted by molar-refractivity contribution is 7.99. The van der Waals surface area contributed by atoms with E-state index in [4.69, 9.17) is 4.74 Å². The molecule has 1 atom stereocenters. The van der Waals surface area contributed by atoms with Crippen molar-refractivity contribution in [3.05, 3.63) is 78.1 Å². The van der Waals surface area contributed by atoms with Crippen LogP contribution in [0.4, 0.5) is 18.9 Å². The van der Waals surface area contributed by atoms with Crippen LogP contribution >= 0.6 is 11.8 Å². The van der Waals surface area contributed by atoms with Gasteiger partial charge in [-0.25, -0.2) is 0 Å². The third kappa shape index (κ3) is 6.88. The third-order valence-corrected chi connectivity index (χ3v) is 6.09. The van der Waals surface area contributed by atoms with E-state index in [-0.39, 0.29) is 11.4 Å². The highest BCUT2D eigenvalue weighted by atomic mass is 32.2. The van der Waals surface area contributed by atoms with Crippen LogP contribution in [-0.4, -0.2) is 26.4 Å². The Kier molecular flexibility index (Phi) is 8.61. The normalized spacial score (nSPS) is 12.4. The van der Waals surface area contributed by atoms with Gasteiger partial charge in [0.1, 0.15) is 5.75 Å². The van der Waals surface area contributed by atoms with Crippen LogP contribution < -0.4 is 10.1 Å². The van der Waals surface area contributed by atoms with Crippen LogP contribution in [-0.2, 0) is 17.5 Å². The number of hydrogen-bond acceptors (Lipinski definition) is 5. The first-order valence-electron chi connectivity index (χ1n) is 11.0. The number of allylic oxidation sites excluding steroid dienone is 1. The van der Waals surface area contributed by atoms with Gasteiger partial charge >= 0.3 is 6.18 Å². The first-order chi connectivity index (χ1) is 16.6. The topological polar surface area (TPSA) is 69.0 Å². The first kappa shape index (κ1) is 26.3. The molecule has 1 unspecified atom stereocenters. The molecule has 0 radical (unpaired) electrons. The van der Waals surface area contributed by atoms with Crippen LogP contribution in [0.3, 0.4) is 0 Å². The molecule has 0 bridgehead atoms. The molecule has 1 aromatic heterocycles. The maximum atomic E-state index is 13.2. The second-order valence-electron chi connectivity index (χ2n) is 8.10. The highest BCUT2D eigenvalue weighted by Crippen LogP contribution is 2.34. The van der Waals surface area contributed by atoms with Crippen molar-refractivity contribution < 1.29 is 22.7 Å². The minimum Gasteiger partial charge on any atom is -0.483 e. The van der Waals surface area contributed by atoms with Crippen molar-refractivity contribution in [2.75, 3.05) is 11.1 Å². The molecule has 1 amide bonds. The summed E-state index contributed by atoms with van der Waals surface area (Å²) in [6.07, 6.45) is -3.34. The van der Waals surface area contributed by atoms with Gasteiger partial charge in [0.25, 0.3) is 0 Å². The standard InChI is InChI=1S/C25H27F3N4O2S/c1-5-14-32-23(17(4)34-19-12-10-18(11-13-19)16(2)3)30-31-24(32)35-15-22(33)29-21-9-7-6-8-20(21)25(26,27)28/h5-13,16-17H,1,14-15H2,2-4H3,(H,29,33). The van der Waals surface area contributed by atoms with E-state index in [0.29, 0.717) is 29.2 Å². The summed E-state index contributed by atoms with van der Waals surface area (Å²) in [4.78, 5) is 12.4. The highest BCUT2D eigenvalue weighted by Gasteiger charge is 2.33. The number of hydrogen-bond donors (Lipinski definition) is 1. The summed E-state index contributed by atoms with van der Waals surface area (Å²) in [7, 11) is 0. The molecule has 6 nitrogen and oxygen atoms in total. The van der Waals surface area contributed by atoms with Crippen LogP contribution in [0.2, 0.25) is 0 Å². The summed E-state index contributed by atoms with van der Waals surface area (Å²) in [5.74, 6) is 0.912. The lowest BCUT2D eigenvalue weighted by Crippen LogP contribution is -2.18. The minimum atomic E-state index is -4.57. The fourth-order valence-corrected chi connectivity index (χ4v) is 4.11. The summed E-state index contributed by atoms with van der Waals surface area (Å²) >= 11 is 1.07. The van der Waals surface area contributed by atoms with E-state index in [2.05, 4.69) is 35.9 Å². The molecular weight excluding hydrogens is 477 g/mol. The van der Waals surface area contributed by atoms with Crippen molar-refractivity contribution in [1.29, 1.82) is 0 Å². The molecule has 3 aromatic rings. The lowest BCUT2D eigenvalue weighted by molar-refractivity contribution is -0.137. The number of carbonyl (C=O) groups is 1. The number of halogens is 3. The molecule has 0 saturated heterocycles. The Morgan fingerprint density at radius 3 is 2.46 bits per heavy atom. The zero-order chi connectivity index (χ0) is 25.6. The Morgan fingerprint density at radius 2 is 1.83 bits per heavy atom. The largest absolute Gasteiger partial charge is 0.483 e. The van der Waals surface area contributed by atoms with Crippen LogP contribution in [0.25, 0.3) is 0 Å². The molecule has 2 aromatic carbocycles. The average Bonchev–Trinajstić information content (AvgIpc) is 3.20. The van der Waals surface area contributed by atoms with Crippen molar-refractivity contribution in [2.45, 2.75) is 50.7 Å². The maximum absolute atomic E-state index is 13.2. The number of thioether (sulfide) groups is 1. The molecule has 0 aliphatic heterocycles. The van der Waals surface area contributed by atoms with E-state index in [0.717, 1.165) is 17.8 Å². The number of aromatic nitrogens is 3. The molecule has 1 heterocycles. The fraction of sp³-hybridized carbons (Fsp3) is 0.320. The maximum Gasteiger partial charge on any atom is 0.418 e. The number of rotatable bonds is 10. The Hall–Kier alpha value is -3.27. The zero-order valence-electron chi connectivity index (χ0n) is 19.7. The number of benzene rings is 2. The van der Waals surface area contributed by atoms with Crippen LogP contribution in [0.1, 0.15) is 49.7 Å². The van der Waals surface area contributed by atoms with Crippen LogP contribution in [0, 0.1) is 0 Å². The Labute approximate surface area is 206 Å². The molecular formula is C25H27F3N4O2S. The smallest absolute Gasteiger partial charge is 0.418 e. The van der Waals surface area contributed by atoms with Gasteiger partial charge in [-0.05, 0) is 42.7 Å². The lowest BCUT2D eigenvalue weighted by Gasteiger charge is -2.16. The molecule has 0 aliphatic rings. The van der Waals surface area contributed by atoms with Gasteiger partial charge in [-0.2, -0.15) is 13.2 Å². The Morgan fingerprint density at radius 1 is 1.14 bits per heavy atom. The molecule has 186 valence electrons. The monoisotopic (exact) mass is 504 g/mol. The zero-order valence-corrected chi connectivity index (χ0v) is 20.5. The minimum absolute atomic E-state index is 0.145. The molecule has 3 rings (SSSR count). The first-order valence-corrected chi connectivity index (χ1v) is 12.0. The van der Waals surface area contributed by atoms with Crippen molar-refractivity contribution in [3.8, 4) is 5.75 Å². The van der Waals surface area contributed by atoms with Gasteiger partial charge in [-0.1, -0.05) is 56.0 Å². The van der Waals surface area contributed by atoms with Crippen molar-refractivity contribution in [3.63, 3.8) is 0 Å². The molecule has 0 spiro atoms. The summed E-state index contributed by atoms with van der Waals surface area (Å²) in [5.41, 5.74) is 0.0156. The van der Waals surface area contributed by atoms with E-state index < -0.39 is 23.8 Å². The fourth-order valence-electron chi connectivity index (χ4n) is 3.35. The number of nitrogens with zero attached hydrogens (tertiary/aromatic N) is 3. The van der Waals surface area contributed by atoms with E-state index in [1.54, 1.807) is 10.6 Å². The Bertz CT molecular complexity index is 1160. The molecule has 10 heteroatoms. The van der Waals surface area contributed by atoms with Gasteiger partial charge in [-0.15, -0.1) is 16.8 Å². The number of anilines is 1. The number of carbonyl (C=O) groups excluding carboxylic acids is 1. The Balaban J connectivity index is 1.68. The van der Waals surface area contributed by atoms with Crippen molar-refractivity contribution >= 4 is 23.4 Å². The van der Waals surface area contributed by atoms with E-state index in [9.17, 15) is 18.0 Å². The number of ether oxygens (including phenoxy) is 1. The van der Waals surface area contributed by atoms with Gasteiger partial charge in [-0.3, -0.25) is 9.36 Å². The molecule has 0 saturated carbocycles. The van der Waals surface area contributed by atoms with Crippen LogP contribution in [0.5, 0.6) is 5.75 Å². The molecule has 1 N–H and O–H groups in total. The molecule has 0 fully saturated rings. The number of alkyl halides is 3. The predicted octanol–water partition coefficient (Wildman–Crippen LogP) is 6.48. The van der Waals surface area contributed by atoms with Gasteiger partial charge in [0.15, 0.2) is 17.1 Å².